The third-order valence-electron chi connectivity index (χ3n) is 8.69. The van der Waals surface area contributed by atoms with Gasteiger partial charge in [-0.15, -0.1) is 0 Å². The number of aromatic hydroxyl groups is 1. The molecule has 7 rings (SSSR count). The summed E-state index contributed by atoms with van der Waals surface area (Å²) in [6, 6.07) is 6.11. The maximum atomic E-state index is 13.4. The Hall–Kier alpha value is -4.13. The van der Waals surface area contributed by atoms with Gasteiger partial charge in [0.1, 0.15) is 42.0 Å². The zero-order valence-corrected chi connectivity index (χ0v) is 25.1. The molecule has 16 nitrogen and oxygen atoms in total. The predicted octanol–water partition coefficient (Wildman–Crippen LogP) is -0.0886. The van der Waals surface area contributed by atoms with Crippen LogP contribution in [0.2, 0.25) is 0 Å². The Morgan fingerprint density at radius 3 is 2.30 bits per heavy atom. The lowest BCUT2D eigenvalue weighted by atomic mass is 9.88. The highest BCUT2D eigenvalue weighted by atomic mass is 16.8. The molecule has 4 heterocycles. The molecule has 3 aromatic carbocycles. The molecule has 0 bridgehead atoms. The van der Waals surface area contributed by atoms with Crippen molar-refractivity contribution in [3.63, 3.8) is 0 Å². The fourth-order valence-corrected chi connectivity index (χ4v) is 6.19. The van der Waals surface area contributed by atoms with Crippen molar-refractivity contribution in [3.8, 4) is 45.6 Å². The monoisotopic (exact) mass is 660 g/mol. The van der Waals surface area contributed by atoms with E-state index >= 15 is 0 Å². The van der Waals surface area contributed by atoms with E-state index in [9.17, 15) is 35.4 Å². The Kier molecular flexibility index (Phi) is 7.92. The molecule has 0 amide bonds. The van der Waals surface area contributed by atoms with Crippen molar-refractivity contribution in [2.75, 3.05) is 40.8 Å². The summed E-state index contributed by atoms with van der Waals surface area (Å²) in [5.74, 6) is 0.382. The molecule has 0 aromatic heterocycles. The highest BCUT2D eigenvalue weighted by Crippen LogP contribution is 2.52. The van der Waals surface area contributed by atoms with E-state index < -0.39 is 61.8 Å². The average molecular weight is 661 g/mol. The third-order valence-corrected chi connectivity index (χ3v) is 8.69. The molecule has 7 atom stereocenters. The number of hydrogen-bond donors (Lipinski definition) is 6. The van der Waals surface area contributed by atoms with Crippen LogP contribution in [-0.2, 0) is 25.6 Å². The highest BCUT2D eigenvalue weighted by molar-refractivity contribution is 6.14. The van der Waals surface area contributed by atoms with Gasteiger partial charge in [0.25, 0.3) is 0 Å². The van der Waals surface area contributed by atoms with Gasteiger partial charge in [0.2, 0.25) is 13.1 Å². The molecule has 0 saturated carbocycles. The van der Waals surface area contributed by atoms with Crippen LogP contribution >= 0.6 is 0 Å². The van der Waals surface area contributed by atoms with Gasteiger partial charge in [0.05, 0.1) is 39.6 Å². The maximum Gasteiger partial charge on any atom is 0.339 e. The first-order valence-corrected chi connectivity index (χ1v) is 14.6. The van der Waals surface area contributed by atoms with Gasteiger partial charge in [0.15, 0.2) is 35.4 Å². The molecule has 252 valence electrons. The maximum absolute atomic E-state index is 13.4. The number of cyclic esters (lactones) is 1. The van der Waals surface area contributed by atoms with Crippen molar-refractivity contribution in [2.24, 2.45) is 0 Å². The Balaban J connectivity index is 1.39. The van der Waals surface area contributed by atoms with Gasteiger partial charge < -0.3 is 73.3 Å². The number of carbonyl (C=O) groups is 1. The molecule has 0 spiro atoms. The van der Waals surface area contributed by atoms with Crippen molar-refractivity contribution in [1.29, 1.82) is 0 Å². The molecule has 47 heavy (non-hydrogen) atoms. The fraction of sp³-hybridized carbons (Fsp3) is 0.452. The normalized spacial score (nSPS) is 29.6. The standard InChI is InChI=1S/C31H32O16/c1-39-18-3-12-13(4-19(18)40-2)26(15-7-41-28(37)23(15)22(12)14-5-20-21(6-16(14)33)45-11-44-20)46-30-27(31(38,9-32)10-43-30)47-29-25(36)24(35)17(34)8-42-29/h3-6,17,24-25,27,29-30,32-36,38H,7-11H2,1-2H3. The molecular formula is C31H32O16. The Labute approximate surface area is 266 Å². The second-order valence-corrected chi connectivity index (χ2v) is 11.5. The van der Waals surface area contributed by atoms with Crippen LogP contribution < -0.4 is 23.7 Å². The molecular weight excluding hydrogens is 628 g/mol. The van der Waals surface area contributed by atoms with Crippen molar-refractivity contribution >= 4 is 16.7 Å². The molecule has 6 N–H and O–H groups in total. The number of ether oxygens (including phenoxy) is 9. The number of benzene rings is 3. The summed E-state index contributed by atoms with van der Waals surface area (Å²) in [6.07, 6.45) is -9.25. The molecule has 4 aliphatic rings. The van der Waals surface area contributed by atoms with Gasteiger partial charge in [0, 0.05) is 28.1 Å². The SMILES string of the molecule is COc1cc2c(OC3OCC(O)(CO)C3OC3OCC(O)C(O)C3O)c3c(c(-c4cc5c(cc4O)OCO5)c2cc1OC)C(=O)OC3. The van der Waals surface area contributed by atoms with Crippen molar-refractivity contribution < 1.29 is 78.1 Å². The van der Waals surface area contributed by atoms with Gasteiger partial charge in [-0.2, -0.15) is 0 Å². The van der Waals surface area contributed by atoms with Crippen LogP contribution in [0.15, 0.2) is 24.3 Å². The third kappa shape index (κ3) is 5.04. The van der Waals surface area contributed by atoms with Crippen LogP contribution in [0.3, 0.4) is 0 Å². The summed E-state index contributed by atoms with van der Waals surface area (Å²) in [7, 11) is 2.86. The van der Waals surface area contributed by atoms with E-state index in [1.54, 1.807) is 18.2 Å². The summed E-state index contributed by atoms with van der Waals surface area (Å²) in [6.45, 7) is -2.00. The van der Waals surface area contributed by atoms with Crippen molar-refractivity contribution in [2.45, 2.75) is 49.2 Å². The first-order chi connectivity index (χ1) is 22.6. The number of rotatable bonds is 8. The molecule has 4 aliphatic heterocycles. The highest BCUT2D eigenvalue weighted by Gasteiger charge is 2.54. The number of aliphatic hydroxyl groups is 5. The van der Waals surface area contributed by atoms with Gasteiger partial charge >= 0.3 is 5.97 Å². The Morgan fingerprint density at radius 1 is 0.894 bits per heavy atom. The number of phenols is 1. The molecule has 7 unspecified atom stereocenters. The molecule has 0 radical (unpaired) electrons. The van der Waals surface area contributed by atoms with E-state index in [1.165, 1.54) is 20.3 Å². The number of aliphatic hydroxyl groups excluding tert-OH is 4. The lowest BCUT2D eigenvalue weighted by Crippen LogP contribution is -2.58. The largest absolute Gasteiger partial charge is 0.507 e. The van der Waals surface area contributed by atoms with Crippen LogP contribution in [-0.4, -0.2) is 120 Å². The zero-order chi connectivity index (χ0) is 33.2. The van der Waals surface area contributed by atoms with E-state index in [2.05, 4.69) is 0 Å². The molecule has 2 saturated heterocycles. The first-order valence-electron chi connectivity index (χ1n) is 14.6. The Morgan fingerprint density at radius 2 is 1.60 bits per heavy atom. The van der Waals surface area contributed by atoms with Crippen LogP contribution in [0, 0.1) is 0 Å². The van der Waals surface area contributed by atoms with Crippen LogP contribution in [0.4, 0.5) is 0 Å². The number of fused-ring (bicyclic) bond motifs is 3. The molecule has 16 heteroatoms. The van der Waals surface area contributed by atoms with Gasteiger partial charge in [-0.25, -0.2) is 4.79 Å². The van der Waals surface area contributed by atoms with E-state index in [1.807, 2.05) is 0 Å². The average Bonchev–Trinajstić information content (AvgIpc) is 3.77. The minimum Gasteiger partial charge on any atom is -0.507 e. The molecule has 2 fully saturated rings. The van der Waals surface area contributed by atoms with Crippen LogP contribution in [0.25, 0.3) is 21.9 Å². The summed E-state index contributed by atoms with van der Waals surface area (Å²) in [4.78, 5) is 13.4. The first kappa shape index (κ1) is 31.5. The van der Waals surface area contributed by atoms with E-state index in [0.29, 0.717) is 22.3 Å². The van der Waals surface area contributed by atoms with Gasteiger partial charge in [-0.05, 0) is 23.6 Å². The predicted molar refractivity (Wildman–Crippen MR) is 154 cm³/mol. The van der Waals surface area contributed by atoms with Crippen molar-refractivity contribution in [1.82, 2.24) is 0 Å². The number of methoxy groups -OCH3 is 2. The second-order valence-electron chi connectivity index (χ2n) is 11.5. The number of carbonyl (C=O) groups excluding carboxylic acids is 1. The number of esters is 1. The van der Waals surface area contributed by atoms with E-state index in [-0.39, 0.29) is 65.3 Å². The summed E-state index contributed by atoms with van der Waals surface area (Å²) >= 11 is 0. The minimum atomic E-state index is -2.06. The Bertz CT molecular complexity index is 1730. The quantitative estimate of drug-likeness (QED) is 0.174. The number of phenolic OH excluding ortho intramolecular Hbond substituents is 1. The van der Waals surface area contributed by atoms with Crippen LogP contribution in [0.1, 0.15) is 15.9 Å². The molecule has 3 aromatic rings. The molecule has 0 aliphatic carbocycles. The zero-order valence-electron chi connectivity index (χ0n) is 25.1. The fourth-order valence-electron chi connectivity index (χ4n) is 6.19. The topological polar surface area (TPSA) is 222 Å². The lowest BCUT2D eigenvalue weighted by molar-refractivity contribution is -0.306. The summed E-state index contributed by atoms with van der Waals surface area (Å²) in [5, 5.41) is 63.8. The van der Waals surface area contributed by atoms with Gasteiger partial charge in [-0.1, -0.05) is 0 Å². The summed E-state index contributed by atoms with van der Waals surface area (Å²) in [5.41, 5.74) is -1.23. The second kappa shape index (κ2) is 11.8. The smallest absolute Gasteiger partial charge is 0.339 e. The summed E-state index contributed by atoms with van der Waals surface area (Å²) < 4.78 is 50.9. The van der Waals surface area contributed by atoms with E-state index in [4.69, 9.17) is 42.6 Å². The number of hydrogen-bond acceptors (Lipinski definition) is 16. The van der Waals surface area contributed by atoms with Gasteiger partial charge in [-0.3, -0.25) is 0 Å². The van der Waals surface area contributed by atoms with E-state index in [0.717, 1.165) is 0 Å². The van der Waals surface area contributed by atoms with Crippen molar-refractivity contribution in [3.05, 3.63) is 35.4 Å². The lowest BCUT2D eigenvalue weighted by Gasteiger charge is -2.38. The van der Waals surface area contributed by atoms with Crippen LogP contribution in [0.5, 0.6) is 34.5 Å². The minimum absolute atomic E-state index is 0.0514.